The molecule has 2 aromatic rings. The van der Waals surface area contributed by atoms with E-state index in [2.05, 4.69) is 15.8 Å². The van der Waals surface area contributed by atoms with Crippen LogP contribution in [-0.4, -0.2) is 16.8 Å². The Labute approximate surface area is 114 Å². The fraction of sp³-hybridized carbons (Fsp3) is 0.154. The van der Waals surface area contributed by atoms with Crippen molar-refractivity contribution >= 4 is 23.2 Å². The zero-order valence-corrected chi connectivity index (χ0v) is 11.2. The van der Waals surface area contributed by atoms with Crippen molar-refractivity contribution in [3.05, 3.63) is 52.0 Å². The number of rotatable bonds is 3. The van der Waals surface area contributed by atoms with Crippen molar-refractivity contribution in [3.8, 4) is 0 Å². The lowest BCUT2D eigenvalue weighted by Gasteiger charge is -2.05. The van der Waals surface area contributed by atoms with Crippen LogP contribution in [0.4, 0.5) is 0 Å². The summed E-state index contributed by atoms with van der Waals surface area (Å²) < 4.78 is 0. The maximum Gasteiger partial charge on any atom is 0.288 e. The molecule has 2 amide bonds. The van der Waals surface area contributed by atoms with Crippen LogP contribution in [0.25, 0.3) is 0 Å². The maximum atomic E-state index is 11.8. The molecule has 2 heterocycles. The third kappa shape index (κ3) is 3.38. The van der Waals surface area contributed by atoms with Crippen LogP contribution in [0.5, 0.6) is 0 Å². The predicted octanol–water partition coefficient (Wildman–Crippen LogP) is 1.78. The van der Waals surface area contributed by atoms with E-state index in [4.69, 9.17) is 0 Å². The van der Waals surface area contributed by atoms with Crippen molar-refractivity contribution in [1.29, 1.82) is 0 Å². The lowest BCUT2D eigenvalue weighted by molar-refractivity contribution is 0.0846. The van der Waals surface area contributed by atoms with E-state index in [0.717, 1.165) is 11.3 Å². The second-order valence-corrected chi connectivity index (χ2v) is 4.91. The van der Waals surface area contributed by atoms with Crippen LogP contribution in [0.3, 0.4) is 0 Å². The van der Waals surface area contributed by atoms with E-state index in [0.29, 0.717) is 4.88 Å². The molecule has 0 saturated heterocycles. The highest BCUT2D eigenvalue weighted by Crippen LogP contribution is 2.16. The molecule has 19 heavy (non-hydrogen) atoms. The molecule has 98 valence electrons. The quantitative estimate of drug-likeness (QED) is 0.839. The first-order valence-corrected chi connectivity index (χ1v) is 6.62. The number of nitrogens with one attached hydrogen (secondary N) is 2. The Morgan fingerprint density at radius 1 is 1.16 bits per heavy atom. The number of hydrogen-bond donors (Lipinski definition) is 2. The van der Waals surface area contributed by atoms with Gasteiger partial charge in [0.25, 0.3) is 11.8 Å². The molecule has 2 N–H and O–H groups in total. The minimum absolute atomic E-state index is 0.253. The largest absolute Gasteiger partial charge is 0.288 e. The molecule has 0 atom stereocenters. The lowest BCUT2D eigenvalue weighted by atomic mass is 10.3. The van der Waals surface area contributed by atoms with Gasteiger partial charge in [0.05, 0.1) is 4.88 Å². The number of pyridine rings is 1. The van der Waals surface area contributed by atoms with E-state index < -0.39 is 5.91 Å². The Kier molecular flexibility index (Phi) is 4.25. The molecule has 0 saturated carbocycles. The van der Waals surface area contributed by atoms with Gasteiger partial charge in [-0.05, 0) is 30.7 Å². The number of thiophene rings is 1. The predicted molar refractivity (Wildman–Crippen MR) is 72.9 cm³/mol. The monoisotopic (exact) mass is 275 g/mol. The molecule has 5 nitrogen and oxygen atoms in total. The molecule has 0 unspecified atom stereocenters. The Hall–Kier alpha value is -2.21. The Morgan fingerprint density at radius 2 is 1.95 bits per heavy atom. The molecule has 0 aromatic carbocycles. The van der Waals surface area contributed by atoms with Gasteiger partial charge in [-0.25, -0.2) is 0 Å². The molecule has 0 aliphatic heterocycles. The normalized spacial score (nSPS) is 9.95. The summed E-state index contributed by atoms with van der Waals surface area (Å²) in [6.45, 7) is 2.02. The number of hydrazine groups is 1. The molecule has 0 spiro atoms. The summed E-state index contributed by atoms with van der Waals surface area (Å²) in [5.41, 5.74) is 4.95. The topological polar surface area (TPSA) is 71.1 Å². The second kappa shape index (κ2) is 6.10. The maximum absolute atomic E-state index is 11.8. The van der Waals surface area contributed by atoms with Crippen molar-refractivity contribution in [3.63, 3.8) is 0 Å². The SMILES string of the molecule is CCc1ccc(C(=O)NNC(=O)c2ccccn2)s1. The minimum Gasteiger partial charge on any atom is -0.266 e. The van der Waals surface area contributed by atoms with Gasteiger partial charge in [0, 0.05) is 11.1 Å². The van der Waals surface area contributed by atoms with E-state index in [9.17, 15) is 9.59 Å². The molecule has 2 rings (SSSR count). The van der Waals surface area contributed by atoms with Gasteiger partial charge < -0.3 is 0 Å². The van der Waals surface area contributed by atoms with Crippen LogP contribution in [0.2, 0.25) is 0 Å². The van der Waals surface area contributed by atoms with Crippen molar-refractivity contribution in [1.82, 2.24) is 15.8 Å². The average Bonchev–Trinajstić information content (AvgIpc) is 2.94. The summed E-state index contributed by atoms with van der Waals surface area (Å²) in [5.74, 6) is -0.768. The van der Waals surface area contributed by atoms with E-state index in [1.54, 1.807) is 24.3 Å². The van der Waals surface area contributed by atoms with Gasteiger partial charge in [-0.15, -0.1) is 11.3 Å². The highest BCUT2D eigenvalue weighted by Gasteiger charge is 2.11. The second-order valence-electron chi connectivity index (χ2n) is 3.74. The third-order valence-corrected chi connectivity index (χ3v) is 3.65. The van der Waals surface area contributed by atoms with Crippen LogP contribution in [-0.2, 0) is 6.42 Å². The lowest BCUT2D eigenvalue weighted by Crippen LogP contribution is -2.41. The van der Waals surface area contributed by atoms with Crippen molar-refractivity contribution < 1.29 is 9.59 Å². The summed E-state index contributed by atoms with van der Waals surface area (Å²) in [4.78, 5) is 29.0. The van der Waals surface area contributed by atoms with Crippen molar-refractivity contribution in [2.75, 3.05) is 0 Å². The number of carbonyl (C=O) groups is 2. The molecular formula is C13H13N3O2S. The van der Waals surface area contributed by atoms with Gasteiger partial charge >= 0.3 is 0 Å². The first-order valence-electron chi connectivity index (χ1n) is 5.81. The number of hydrogen-bond acceptors (Lipinski definition) is 4. The zero-order valence-electron chi connectivity index (χ0n) is 10.3. The summed E-state index contributed by atoms with van der Waals surface area (Å²) in [7, 11) is 0. The van der Waals surface area contributed by atoms with Gasteiger partial charge in [0.2, 0.25) is 0 Å². The van der Waals surface area contributed by atoms with E-state index in [1.807, 2.05) is 13.0 Å². The average molecular weight is 275 g/mol. The number of aromatic nitrogens is 1. The van der Waals surface area contributed by atoms with Crippen molar-refractivity contribution in [2.24, 2.45) is 0 Å². The third-order valence-electron chi connectivity index (χ3n) is 2.42. The standard InChI is InChI=1S/C13H13N3O2S/c1-2-9-6-7-11(19-9)13(18)16-15-12(17)10-5-3-4-8-14-10/h3-8H,2H2,1H3,(H,15,17)(H,16,18). The summed E-state index contributed by atoms with van der Waals surface area (Å²) in [5, 5.41) is 0. The van der Waals surface area contributed by atoms with Gasteiger partial charge in [0.15, 0.2) is 0 Å². The van der Waals surface area contributed by atoms with Gasteiger partial charge in [0.1, 0.15) is 5.69 Å². The smallest absolute Gasteiger partial charge is 0.266 e. The van der Waals surface area contributed by atoms with Crippen molar-refractivity contribution in [2.45, 2.75) is 13.3 Å². The fourth-order valence-corrected chi connectivity index (χ4v) is 2.27. The van der Waals surface area contributed by atoms with Gasteiger partial charge in [-0.3, -0.25) is 25.4 Å². The number of carbonyl (C=O) groups excluding carboxylic acids is 2. The fourth-order valence-electron chi connectivity index (χ4n) is 1.43. The summed E-state index contributed by atoms with van der Waals surface area (Å²) >= 11 is 1.41. The Bertz CT molecular complexity index is 581. The number of aryl methyl sites for hydroxylation is 1. The van der Waals surface area contributed by atoms with E-state index >= 15 is 0 Å². The molecule has 0 aliphatic carbocycles. The van der Waals surface area contributed by atoms with Gasteiger partial charge in [-0.2, -0.15) is 0 Å². The highest BCUT2D eigenvalue weighted by atomic mass is 32.1. The molecule has 6 heteroatoms. The summed E-state index contributed by atoms with van der Waals surface area (Å²) in [6.07, 6.45) is 2.40. The highest BCUT2D eigenvalue weighted by molar-refractivity contribution is 7.14. The zero-order chi connectivity index (χ0) is 13.7. The molecule has 2 aromatic heterocycles. The van der Waals surface area contributed by atoms with Crippen LogP contribution in [0.1, 0.15) is 32.0 Å². The molecule has 0 radical (unpaired) electrons. The van der Waals surface area contributed by atoms with E-state index in [1.165, 1.54) is 17.5 Å². The first kappa shape index (κ1) is 13.2. The van der Waals surface area contributed by atoms with Crippen LogP contribution >= 0.6 is 11.3 Å². The van der Waals surface area contributed by atoms with E-state index in [-0.39, 0.29) is 11.6 Å². The Morgan fingerprint density at radius 3 is 2.58 bits per heavy atom. The van der Waals surface area contributed by atoms with Gasteiger partial charge in [-0.1, -0.05) is 13.0 Å². The van der Waals surface area contributed by atoms with Crippen LogP contribution < -0.4 is 10.9 Å². The number of nitrogens with zero attached hydrogens (tertiary/aromatic N) is 1. The molecule has 0 bridgehead atoms. The van der Waals surface area contributed by atoms with Crippen LogP contribution in [0.15, 0.2) is 36.5 Å². The van der Waals surface area contributed by atoms with Crippen LogP contribution in [0, 0.1) is 0 Å². The number of amides is 2. The molecule has 0 aliphatic rings. The molecular weight excluding hydrogens is 262 g/mol. The summed E-state index contributed by atoms with van der Waals surface area (Å²) in [6, 6.07) is 8.64. The first-order chi connectivity index (χ1) is 9.20. The Balaban J connectivity index is 1.92. The minimum atomic E-state index is -0.443. The molecule has 0 fully saturated rings.